The zero-order valence-corrected chi connectivity index (χ0v) is 18.9. The minimum absolute atomic E-state index is 0.167. The predicted molar refractivity (Wildman–Crippen MR) is 146 cm³/mol. The van der Waals surface area contributed by atoms with Gasteiger partial charge in [0.15, 0.2) is 0 Å². The quantitative estimate of drug-likeness (QED) is 0.279. The third-order valence-corrected chi connectivity index (χ3v) is 7.88. The van der Waals surface area contributed by atoms with Gasteiger partial charge in [-0.1, -0.05) is 79.4 Å². The lowest BCUT2D eigenvalue weighted by molar-refractivity contribution is 1.08. The van der Waals surface area contributed by atoms with Crippen molar-refractivity contribution >= 4 is 55.8 Å². The number of benzene rings is 4. The Hall–Kier alpha value is -4.24. The molecule has 8 rings (SSSR count). The number of hydrogen-bond acceptors (Lipinski definition) is 0. The molecule has 158 valence electrons. The maximum atomic E-state index is 4.11. The predicted octanol–water partition coefficient (Wildman–Crippen LogP) is 6.08. The van der Waals surface area contributed by atoms with Gasteiger partial charge in [-0.3, -0.25) is 0 Å². The minimum Gasteiger partial charge on any atom is -0.311 e. The molecule has 0 saturated heterocycles. The number of fused-ring (bicyclic) bond motifs is 9. The second kappa shape index (κ2) is 6.21. The van der Waals surface area contributed by atoms with E-state index in [1.165, 1.54) is 71.7 Å². The first-order chi connectivity index (χ1) is 16.8. The van der Waals surface area contributed by atoms with Crippen LogP contribution in [-0.2, 0) is 0 Å². The van der Waals surface area contributed by atoms with Crippen LogP contribution >= 0.6 is 0 Å². The Morgan fingerprint density at radius 3 is 2.15 bits per heavy atom. The van der Waals surface area contributed by atoms with E-state index >= 15 is 0 Å². The molecule has 2 aromatic heterocycles. The first kappa shape index (κ1) is 18.2. The summed E-state index contributed by atoms with van der Waals surface area (Å²) >= 11 is 0. The van der Waals surface area contributed by atoms with Crippen molar-refractivity contribution < 1.29 is 0 Å². The molecule has 0 atom stereocenters. The second-order valence-electron chi connectivity index (χ2n) is 9.42. The lowest BCUT2D eigenvalue weighted by atomic mass is 9.33. The highest BCUT2D eigenvalue weighted by Gasteiger charge is 2.42. The Bertz CT molecular complexity index is 1900. The lowest BCUT2D eigenvalue weighted by Gasteiger charge is -2.35. The monoisotopic (exact) mass is 432 g/mol. The molecule has 0 bridgehead atoms. The molecule has 0 saturated carbocycles. The van der Waals surface area contributed by atoms with E-state index < -0.39 is 0 Å². The summed E-state index contributed by atoms with van der Waals surface area (Å²) in [6.45, 7) is 6.54. The fourth-order valence-electron chi connectivity index (χ4n) is 6.67. The molecule has 3 heteroatoms. The Kier molecular flexibility index (Phi) is 3.33. The van der Waals surface area contributed by atoms with E-state index in [9.17, 15) is 0 Å². The van der Waals surface area contributed by atoms with Gasteiger partial charge in [-0.15, -0.1) is 0 Å². The van der Waals surface area contributed by atoms with Crippen molar-refractivity contribution in [3.8, 4) is 11.4 Å². The van der Waals surface area contributed by atoms with Gasteiger partial charge in [-0.25, -0.2) is 0 Å². The average Bonchev–Trinajstić information content (AvgIpc) is 3.38. The molecule has 0 amide bonds. The van der Waals surface area contributed by atoms with Crippen LogP contribution < -0.4 is 10.9 Å². The first-order valence-electron chi connectivity index (χ1n) is 11.9. The molecule has 0 N–H and O–H groups in total. The summed E-state index contributed by atoms with van der Waals surface area (Å²) in [5.41, 5.74) is 13.1. The Balaban J connectivity index is 1.64. The fourth-order valence-corrected chi connectivity index (χ4v) is 6.67. The van der Waals surface area contributed by atoms with Crippen molar-refractivity contribution in [1.82, 2.24) is 9.13 Å². The van der Waals surface area contributed by atoms with Crippen molar-refractivity contribution in [1.29, 1.82) is 0 Å². The van der Waals surface area contributed by atoms with Crippen LogP contribution in [0.15, 0.2) is 104 Å². The van der Waals surface area contributed by atoms with Crippen molar-refractivity contribution in [2.45, 2.75) is 6.92 Å². The van der Waals surface area contributed by atoms with Crippen LogP contribution in [0.1, 0.15) is 11.3 Å². The number of allylic oxidation sites excluding steroid dienone is 2. The van der Waals surface area contributed by atoms with Crippen LogP contribution in [0.3, 0.4) is 0 Å². The van der Waals surface area contributed by atoms with E-state index in [1.807, 2.05) is 6.08 Å². The summed E-state index contributed by atoms with van der Waals surface area (Å²) < 4.78 is 4.97. The van der Waals surface area contributed by atoms with Crippen LogP contribution in [0.25, 0.3) is 49.6 Å². The van der Waals surface area contributed by atoms with Gasteiger partial charge in [0.25, 0.3) is 6.71 Å². The molecule has 4 aromatic carbocycles. The minimum atomic E-state index is 0.167. The molecule has 0 radical (unpaired) electrons. The Labute approximate surface area is 198 Å². The fraction of sp³-hybridized carbons (Fsp3) is 0.0323. The van der Waals surface area contributed by atoms with Gasteiger partial charge < -0.3 is 9.13 Å². The van der Waals surface area contributed by atoms with E-state index in [0.29, 0.717) is 0 Å². The molecular weight excluding hydrogens is 411 g/mol. The first-order valence-corrected chi connectivity index (χ1v) is 11.9. The Morgan fingerprint density at radius 2 is 1.35 bits per heavy atom. The van der Waals surface area contributed by atoms with Gasteiger partial charge in [0, 0.05) is 38.7 Å². The van der Waals surface area contributed by atoms with Gasteiger partial charge in [0.2, 0.25) is 0 Å². The summed E-state index contributed by atoms with van der Waals surface area (Å²) in [5, 5.41) is 3.95. The Morgan fingerprint density at radius 1 is 0.706 bits per heavy atom. The van der Waals surface area contributed by atoms with E-state index in [2.05, 4.69) is 114 Å². The number of hydrogen-bond donors (Lipinski definition) is 0. The molecule has 4 heterocycles. The molecule has 6 aromatic rings. The third-order valence-electron chi connectivity index (χ3n) is 7.88. The highest BCUT2D eigenvalue weighted by atomic mass is 15.0. The summed E-state index contributed by atoms with van der Waals surface area (Å²) in [6, 6.07) is 31.2. The molecule has 2 aliphatic heterocycles. The van der Waals surface area contributed by atoms with E-state index in [4.69, 9.17) is 0 Å². The van der Waals surface area contributed by atoms with Crippen molar-refractivity contribution in [2.75, 3.05) is 0 Å². The van der Waals surface area contributed by atoms with Crippen LogP contribution in [0.5, 0.6) is 0 Å². The summed E-state index contributed by atoms with van der Waals surface area (Å²) in [4.78, 5) is 0. The number of para-hydroxylation sites is 3. The summed E-state index contributed by atoms with van der Waals surface area (Å²) in [5.74, 6) is 0. The summed E-state index contributed by atoms with van der Waals surface area (Å²) in [6.07, 6.45) is 4.19. The maximum Gasteiger partial charge on any atom is 0.252 e. The normalized spacial score (nSPS) is 14.7. The smallest absolute Gasteiger partial charge is 0.252 e. The van der Waals surface area contributed by atoms with Crippen LogP contribution in [0.2, 0.25) is 0 Å². The van der Waals surface area contributed by atoms with Gasteiger partial charge >= 0.3 is 0 Å². The lowest BCUT2D eigenvalue weighted by Crippen LogP contribution is -2.53. The highest BCUT2D eigenvalue weighted by Crippen LogP contribution is 2.42. The standard InChI is InChI=1S/C31H21BN2/c1-3-10-23-30-19(2)20-11-4-6-15-25(20)33(30)27-17-9-18-28-29(27)32(23)24-14-8-13-22-21-12-5-7-16-26(21)34(28)31(22)24/h3-18H,1H2,2H3/b23-10+. The van der Waals surface area contributed by atoms with Gasteiger partial charge in [0.1, 0.15) is 0 Å². The molecule has 34 heavy (non-hydrogen) atoms. The number of aromatic nitrogens is 2. The number of rotatable bonds is 1. The topological polar surface area (TPSA) is 9.86 Å². The molecule has 0 fully saturated rings. The largest absolute Gasteiger partial charge is 0.311 e. The zero-order valence-electron chi connectivity index (χ0n) is 18.9. The molecule has 2 nitrogen and oxygen atoms in total. The van der Waals surface area contributed by atoms with Gasteiger partial charge in [0.05, 0.1) is 11.0 Å². The molecule has 0 spiro atoms. The number of nitrogens with zero attached hydrogens (tertiary/aromatic N) is 2. The maximum absolute atomic E-state index is 4.11. The SMILES string of the molecule is C=C/C=C1/B2c3c(cccc3-n3c4ccccc4c4cccc2c43)-n2c1c(C)c1ccccc12. The van der Waals surface area contributed by atoms with Crippen molar-refractivity contribution in [3.05, 3.63) is 115 Å². The molecule has 2 aliphatic rings. The molecule has 0 aliphatic carbocycles. The van der Waals surface area contributed by atoms with E-state index in [0.717, 1.165) is 0 Å². The average molecular weight is 432 g/mol. The zero-order chi connectivity index (χ0) is 22.6. The third kappa shape index (κ3) is 1.96. The number of aryl methyl sites for hydroxylation is 1. The highest BCUT2D eigenvalue weighted by molar-refractivity contribution is 7.03. The summed E-state index contributed by atoms with van der Waals surface area (Å²) in [7, 11) is 0. The molecular formula is C31H21BN2. The van der Waals surface area contributed by atoms with Crippen LogP contribution in [0.4, 0.5) is 0 Å². The van der Waals surface area contributed by atoms with Gasteiger partial charge in [-0.05, 0) is 53.2 Å². The second-order valence-corrected chi connectivity index (χ2v) is 9.42. The van der Waals surface area contributed by atoms with Crippen molar-refractivity contribution in [3.63, 3.8) is 0 Å². The molecule has 0 unspecified atom stereocenters. The van der Waals surface area contributed by atoms with Gasteiger partial charge in [-0.2, -0.15) is 0 Å². The van der Waals surface area contributed by atoms with E-state index in [1.54, 1.807) is 0 Å². The van der Waals surface area contributed by atoms with Crippen LogP contribution in [-0.4, -0.2) is 15.8 Å². The van der Waals surface area contributed by atoms with E-state index in [-0.39, 0.29) is 6.71 Å². The van der Waals surface area contributed by atoms with Crippen molar-refractivity contribution in [2.24, 2.45) is 0 Å². The van der Waals surface area contributed by atoms with Crippen LogP contribution in [0, 0.1) is 6.92 Å².